The van der Waals surface area contributed by atoms with Gasteiger partial charge in [-0.1, -0.05) is 33.3 Å². The van der Waals surface area contributed by atoms with Gasteiger partial charge < -0.3 is 19.0 Å². The van der Waals surface area contributed by atoms with Gasteiger partial charge in [0.2, 0.25) is 11.5 Å². The van der Waals surface area contributed by atoms with E-state index in [1.807, 2.05) is 27.7 Å². The molecule has 0 aliphatic heterocycles. The molecule has 1 spiro atoms. The van der Waals surface area contributed by atoms with Crippen molar-refractivity contribution >= 4 is 14.1 Å². The molecule has 0 aromatic heterocycles. The number of rotatable bonds is 6. The number of carbonyl (C=O) groups is 1. The molecule has 0 amide bonds. The first-order valence-corrected chi connectivity index (χ1v) is 15.3. The molecule has 5 nitrogen and oxygen atoms in total. The average molecular weight is 463 g/mol. The Kier molecular flexibility index (Phi) is 5.59. The summed E-state index contributed by atoms with van der Waals surface area (Å²) < 4.78 is 19.2. The molecule has 0 heterocycles. The molecule has 5 atom stereocenters. The van der Waals surface area contributed by atoms with Crippen molar-refractivity contribution in [1.29, 1.82) is 0 Å². The monoisotopic (exact) mass is 462 g/mol. The van der Waals surface area contributed by atoms with Crippen LogP contribution in [0.25, 0.3) is 0 Å². The van der Waals surface area contributed by atoms with E-state index >= 15 is 0 Å². The van der Waals surface area contributed by atoms with Gasteiger partial charge >= 0.3 is 0 Å². The van der Waals surface area contributed by atoms with Gasteiger partial charge in [-0.25, -0.2) is 0 Å². The molecule has 6 heteroatoms. The predicted octanol–water partition coefficient (Wildman–Crippen LogP) is 5.50. The van der Waals surface area contributed by atoms with E-state index < -0.39 is 19.3 Å². The molecule has 0 saturated heterocycles. The van der Waals surface area contributed by atoms with Gasteiger partial charge in [0.05, 0.1) is 23.7 Å². The van der Waals surface area contributed by atoms with Crippen LogP contribution in [0.4, 0.5) is 0 Å². The lowest BCUT2D eigenvalue weighted by molar-refractivity contribution is -0.137. The maximum atomic E-state index is 14.0. The Balaban J connectivity index is 1.80. The number of fused-ring (bicyclic) bond motifs is 3. The smallest absolute Gasteiger partial charge is 0.211 e. The number of hydrogen-bond donors (Lipinski definition) is 1. The molecular weight excluding hydrogens is 420 g/mol. The summed E-state index contributed by atoms with van der Waals surface area (Å²) in [5, 5.41) is 12.6. The molecule has 0 aromatic carbocycles. The van der Waals surface area contributed by atoms with Crippen LogP contribution in [0.5, 0.6) is 0 Å². The third-order valence-corrected chi connectivity index (χ3v) is 13.2. The summed E-state index contributed by atoms with van der Waals surface area (Å²) in [6, 6.07) is 0. The highest BCUT2D eigenvalue weighted by Gasteiger charge is 2.79. The van der Waals surface area contributed by atoms with Gasteiger partial charge in [-0.3, -0.25) is 4.79 Å². The summed E-state index contributed by atoms with van der Waals surface area (Å²) in [7, 11) is -2.00. The highest BCUT2D eigenvalue weighted by molar-refractivity contribution is 6.74. The number of hydrogen-bond acceptors (Lipinski definition) is 5. The van der Waals surface area contributed by atoms with Crippen molar-refractivity contribution in [2.75, 3.05) is 0 Å². The van der Waals surface area contributed by atoms with Gasteiger partial charge in [0, 0.05) is 5.92 Å². The van der Waals surface area contributed by atoms with Crippen molar-refractivity contribution in [1.82, 2.24) is 0 Å². The Morgan fingerprint density at radius 1 is 1.12 bits per heavy atom. The van der Waals surface area contributed by atoms with Gasteiger partial charge in [0.1, 0.15) is 0 Å². The quantitative estimate of drug-likeness (QED) is 0.417. The van der Waals surface area contributed by atoms with E-state index in [-0.39, 0.29) is 46.7 Å². The molecule has 2 fully saturated rings. The molecule has 180 valence electrons. The fraction of sp³-hybridized carbons (Fsp3) is 0.808. The fourth-order valence-electron chi connectivity index (χ4n) is 6.46. The Morgan fingerprint density at radius 3 is 2.31 bits per heavy atom. The summed E-state index contributed by atoms with van der Waals surface area (Å²) >= 11 is 0. The van der Waals surface area contributed by atoms with Crippen molar-refractivity contribution in [3.05, 3.63) is 23.2 Å². The largest absolute Gasteiger partial charge is 0.488 e. The molecule has 0 unspecified atom stereocenters. The van der Waals surface area contributed by atoms with Crippen molar-refractivity contribution in [2.45, 2.75) is 116 Å². The minimum atomic E-state index is -2.00. The molecule has 32 heavy (non-hydrogen) atoms. The SMILES string of the molecule is CC(C)OC1=C(OC(C)C)[C@@]2(O)C3=CC[C@H](O[Si](C)(C)C(C)(C)C)[C@@H]3[C@@H]3CCC[C@@]32C1=O. The van der Waals surface area contributed by atoms with Crippen LogP contribution < -0.4 is 0 Å². The molecule has 0 radical (unpaired) electrons. The third kappa shape index (κ3) is 3.05. The number of carbonyl (C=O) groups excluding carboxylic acids is 1. The molecular formula is C26H42O5Si. The lowest BCUT2D eigenvalue weighted by Gasteiger charge is -2.41. The Bertz CT molecular complexity index is 864. The molecule has 4 aliphatic carbocycles. The number of allylic oxidation sites excluding steroid dienone is 1. The zero-order chi connectivity index (χ0) is 23.9. The molecule has 2 saturated carbocycles. The molecule has 4 rings (SSSR count). The summed E-state index contributed by atoms with van der Waals surface area (Å²) in [4.78, 5) is 14.0. The normalized spacial score (nSPS) is 36.7. The number of Topliss-reactive ketones (excluding diaryl/α,β-unsaturated/α-hetero) is 1. The van der Waals surface area contributed by atoms with Crippen LogP contribution in [-0.4, -0.2) is 43.1 Å². The standard InChI is InChI=1S/C26H42O5Si/c1-15(2)29-21-22(27)25-14-10-11-17(25)20-18(26(25,28)23(21)30-16(3)4)12-13-19(20)31-32(8,9)24(5,6)7/h12,15-17,19-20,28H,10-11,13-14H2,1-9H3/t17-,19-,20+,25-,26-/m0/s1. The van der Waals surface area contributed by atoms with Crippen molar-refractivity contribution in [2.24, 2.45) is 17.3 Å². The number of ketones is 1. The van der Waals surface area contributed by atoms with Gasteiger partial charge in [0.25, 0.3) is 0 Å². The molecule has 0 bridgehead atoms. The highest BCUT2D eigenvalue weighted by atomic mass is 28.4. The van der Waals surface area contributed by atoms with Gasteiger partial charge in [-0.15, -0.1) is 0 Å². The highest BCUT2D eigenvalue weighted by Crippen LogP contribution is 2.73. The van der Waals surface area contributed by atoms with Crippen LogP contribution in [-0.2, 0) is 18.7 Å². The van der Waals surface area contributed by atoms with Crippen LogP contribution in [0.1, 0.15) is 74.1 Å². The minimum Gasteiger partial charge on any atom is -0.488 e. The lowest BCUT2D eigenvalue weighted by Crippen LogP contribution is -2.49. The second-order valence-electron chi connectivity index (χ2n) is 12.3. The summed E-state index contributed by atoms with van der Waals surface area (Å²) in [5.41, 5.74) is -1.36. The summed E-state index contributed by atoms with van der Waals surface area (Å²) in [6.45, 7) is 19.0. The zero-order valence-corrected chi connectivity index (χ0v) is 22.4. The van der Waals surface area contributed by atoms with E-state index in [1.165, 1.54) is 0 Å². The van der Waals surface area contributed by atoms with Crippen molar-refractivity contribution in [3.63, 3.8) is 0 Å². The molecule has 0 aromatic rings. The summed E-state index contributed by atoms with van der Waals surface area (Å²) in [5.74, 6) is 0.652. The van der Waals surface area contributed by atoms with E-state index in [2.05, 4.69) is 39.9 Å². The van der Waals surface area contributed by atoms with Gasteiger partial charge in [0.15, 0.2) is 19.7 Å². The van der Waals surface area contributed by atoms with Crippen molar-refractivity contribution in [3.8, 4) is 0 Å². The minimum absolute atomic E-state index is 0.0167. The second-order valence-corrected chi connectivity index (χ2v) is 17.1. The van der Waals surface area contributed by atoms with Crippen LogP contribution in [0, 0.1) is 17.3 Å². The number of aliphatic hydroxyl groups is 1. The second kappa shape index (κ2) is 7.44. The van der Waals surface area contributed by atoms with Crippen LogP contribution in [0.2, 0.25) is 18.1 Å². The lowest BCUT2D eigenvalue weighted by atomic mass is 9.69. The third-order valence-electron chi connectivity index (χ3n) is 8.65. The van der Waals surface area contributed by atoms with Crippen LogP contribution in [0.3, 0.4) is 0 Å². The Labute approximate surface area is 194 Å². The maximum absolute atomic E-state index is 14.0. The van der Waals surface area contributed by atoms with E-state index in [0.29, 0.717) is 12.2 Å². The van der Waals surface area contributed by atoms with Crippen LogP contribution >= 0.6 is 0 Å². The zero-order valence-electron chi connectivity index (χ0n) is 21.4. The first kappa shape index (κ1) is 24.0. The van der Waals surface area contributed by atoms with Gasteiger partial charge in [-0.2, -0.15) is 0 Å². The van der Waals surface area contributed by atoms with Crippen LogP contribution in [0.15, 0.2) is 23.2 Å². The predicted molar refractivity (Wildman–Crippen MR) is 127 cm³/mol. The molecule has 1 N–H and O–H groups in total. The number of ether oxygens (including phenoxy) is 2. The maximum Gasteiger partial charge on any atom is 0.211 e. The first-order valence-electron chi connectivity index (χ1n) is 12.4. The first-order chi connectivity index (χ1) is 14.7. The molecule has 4 aliphatic rings. The topological polar surface area (TPSA) is 65.0 Å². The van der Waals surface area contributed by atoms with Crippen molar-refractivity contribution < 1.29 is 23.8 Å². The fourth-order valence-corrected chi connectivity index (χ4v) is 7.81. The van der Waals surface area contributed by atoms with Gasteiger partial charge in [-0.05, 0) is 76.6 Å². The van der Waals surface area contributed by atoms with E-state index in [1.54, 1.807) is 0 Å². The Hall–Kier alpha value is -1.11. The van der Waals surface area contributed by atoms with E-state index in [9.17, 15) is 9.90 Å². The van der Waals surface area contributed by atoms with E-state index in [0.717, 1.165) is 24.8 Å². The van der Waals surface area contributed by atoms with E-state index in [4.69, 9.17) is 13.9 Å². The average Bonchev–Trinajstić information content (AvgIpc) is 3.32. The summed E-state index contributed by atoms with van der Waals surface area (Å²) in [6.07, 6.45) is 5.15. The Morgan fingerprint density at radius 2 is 1.75 bits per heavy atom.